The molecular formula is C14H26BrNO. The van der Waals surface area contributed by atoms with Gasteiger partial charge in [0.05, 0.1) is 0 Å². The Balaban J connectivity index is 2.42. The Kier molecular flexibility index (Phi) is 6.53. The average molecular weight is 304 g/mol. The summed E-state index contributed by atoms with van der Waals surface area (Å²) in [5.41, 5.74) is -0.0350. The second-order valence-corrected chi connectivity index (χ2v) is 6.10. The molecule has 0 spiro atoms. The van der Waals surface area contributed by atoms with E-state index in [9.17, 15) is 4.79 Å². The third-order valence-electron chi connectivity index (χ3n) is 4.37. The van der Waals surface area contributed by atoms with Gasteiger partial charge >= 0.3 is 0 Å². The van der Waals surface area contributed by atoms with Crippen LogP contribution in [0.5, 0.6) is 0 Å². The molecule has 17 heavy (non-hydrogen) atoms. The van der Waals surface area contributed by atoms with Crippen LogP contribution in [-0.2, 0) is 4.79 Å². The Labute approximate surface area is 114 Å². The second-order valence-electron chi connectivity index (χ2n) is 5.30. The number of rotatable bonds is 7. The van der Waals surface area contributed by atoms with E-state index in [4.69, 9.17) is 0 Å². The summed E-state index contributed by atoms with van der Waals surface area (Å²) in [6.07, 6.45) is 7.91. The van der Waals surface area contributed by atoms with Crippen LogP contribution in [0.3, 0.4) is 0 Å². The summed E-state index contributed by atoms with van der Waals surface area (Å²) in [6.45, 7) is 5.20. The predicted octanol–water partition coefficient (Wildman–Crippen LogP) is 3.88. The molecule has 1 aliphatic carbocycles. The van der Waals surface area contributed by atoms with Crippen molar-refractivity contribution >= 4 is 21.8 Å². The minimum absolute atomic E-state index is 0.0350. The van der Waals surface area contributed by atoms with E-state index in [0.717, 1.165) is 44.0 Å². The molecule has 1 atom stereocenters. The largest absolute Gasteiger partial charge is 0.355 e. The number of alkyl halides is 1. The third-order valence-corrected chi connectivity index (χ3v) is 4.82. The van der Waals surface area contributed by atoms with Crippen LogP contribution in [0.2, 0.25) is 0 Å². The molecule has 1 aliphatic rings. The van der Waals surface area contributed by atoms with Gasteiger partial charge in [-0.3, -0.25) is 4.79 Å². The van der Waals surface area contributed by atoms with Gasteiger partial charge in [-0.2, -0.15) is 0 Å². The summed E-state index contributed by atoms with van der Waals surface area (Å²) < 4.78 is 0. The number of hydrogen-bond acceptors (Lipinski definition) is 1. The first-order chi connectivity index (χ1) is 8.18. The fourth-order valence-electron chi connectivity index (χ4n) is 2.82. The molecule has 0 bridgehead atoms. The second kappa shape index (κ2) is 7.40. The zero-order chi connectivity index (χ0) is 12.7. The summed E-state index contributed by atoms with van der Waals surface area (Å²) in [5, 5.41) is 4.22. The van der Waals surface area contributed by atoms with Crippen molar-refractivity contribution in [2.45, 2.75) is 58.8 Å². The highest BCUT2D eigenvalue weighted by molar-refractivity contribution is 9.09. The van der Waals surface area contributed by atoms with Crippen molar-refractivity contribution in [2.75, 3.05) is 11.9 Å². The van der Waals surface area contributed by atoms with Crippen LogP contribution < -0.4 is 5.32 Å². The first kappa shape index (κ1) is 15.0. The summed E-state index contributed by atoms with van der Waals surface area (Å²) in [5.74, 6) is 0.930. The van der Waals surface area contributed by atoms with Gasteiger partial charge in [-0.15, -0.1) is 0 Å². The lowest BCUT2D eigenvalue weighted by Gasteiger charge is -2.27. The van der Waals surface area contributed by atoms with Gasteiger partial charge in [0.2, 0.25) is 5.91 Å². The summed E-state index contributed by atoms with van der Waals surface area (Å²) in [6, 6.07) is 0. The normalized spacial score (nSPS) is 20.2. The zero-order valence-electron chi connectivity index (χ0n) is 11.2. The number of halogens is 1. The van der Waals surface area contributed by atoms with Crippen molar-refractivity contribution in [1.82, 2.24) is 5.32 Å². The van der Waals surface area contributed by atoms with Crippen LogP contribution in [-0.4, -0.2) is 17.8 Å². The molecule has 0 aromatic carbocycles. The Morgan fingerprint density at radius 2 is 2.00 bits per heavy atom. The molecule has 0 saturated heterocycles. The molecule has 1 fully saturated rings. The molecule has 1 rings (SSSR count). The summed E-state index contributed by atoms with van der Waals surface area (Å²) in [7, 11) is 0. The van der Waals surface area contributed by atoms with Gasteiger partial charge in [0.25, 0.3) is 0 Å². The topological polar surface area (TPSA) is 29.1 Å². The standard InChI is InChI=1S/C14H26BrNO/c1-3-12(7-10-15)11-16-13(17)14(4-2)8-5-6-9-14/h12H,3-11H2,1-2H3,(H,16,17). The highest BCUT2D eigenvalue weighted by Gasteiger charge is 2.39. The van der Waals surface area contributed by atoms with Gasteiger partial charge in [-0.05, 0) is 31.6 Å². The van der Waals surface area contributed by atoms with E-state index >= 15 is 0 Å². The summed E-state index contributed by atoms with van der Waals surface area (Å²) >= 11 is 3.48. The summed E-state index contributed by atoms with van der Waals surface area (Å²) in [4.78, 5) is 12.3. The molecule has 0 radical (unpaired) electrons. The first-order valence-electron chi connectivity index (χ1n) is 7.02. The van der Waals surface area contributed by atoms with Crippen molar-refractivity contribution in [1.29, 1.82) is 0 Å². The quantitative estimate of drug-likeness (QED) is 0.710. The molecule has 1 amide bonds. The first-order valence-corrected chi connectivity index (χ1v) is 8.15. The molecule has 1 N–H and O–H groups in total. The number of hydrogen-bond donors (Lipinski definition) is 1. The lowest BCUT2D eigenvalue weighted by Crippen LogP contribution is -2.41. The SMILES string of the molecule is CCC(CCBr)CNC(=O)C1(CC)CCCC1. The van der Waals surface area contributed by atoms with E-state index < -0.39 is 0 Å². The molecule has 1 saturated carbocycles. The van der Waals surface area contributed by atoms with Gasteiger partial charge in [0.15, 0.2) is 0 Å². The average Bonchev–Trinajstić information content (AvgIpc) is 2.84. The Morgan fingerprint density at radius 3 is 2.47 bits per heavy atom. The minimum atomic E-state index is -0.0350. The minimum Gasteiger partial charge on any atom is -0.355 e. The highest BCUT2D eigenvalue weighted by atomic mass is 79.9. The molecule has 1 unspecified atom stereocenters. The van der Waals surface area contributed by atoms with Crippen molar-refractivity contribution in [3.63, 3.8) is 0 Å². The highest BCUT2D eigenvalue weighted by Crippen LogP contribution is 2.41. The smallest absolute Gasteiger partial charge is 0.226 e. The van der Waals surface area contributed by atoms with E-state index in [1.165, 1.54) is 12.8 Å². The van der Waals surface area contributed by atoms with Crippen LogP contribution >= 0.6 is 15.9 Å². The van der Waals surface area contributed by atoms with Crippen LogP contribution in [0.1, 0.15) is 58.8 Å². The zero-order valence-corrected chi connectivity index (χ0v) is 12.8. The maximum Gasteiger partial charge on any atom is 0.226 e. The lowest BCUT2D eigenvalue weighted by atomic mass is 9.82. The van der Waals surface area contributed by atoms with Crippen molar-refractivity contribution in [2.24, 2.45) is 11.3 Å². The van der Waals surface area contributed by atoms with E-state index in [1.807, 2.05) is 0 Å². The fourth-order valence-corrected chi connectivity index (χ4v) is 3.47. The van der Waals surface area contributed by atoms with Crippen LogP contribution in [0.4, 0.5) is 0 Å². The van der Waals surface area contributed by atoms with E-state index in [1.54, 1.807) is 0 Å². The third kappa shape index (κ3) is 3.97. The van der Waals surface area contributed by atoms with Crippen LogP contribution in [0.15, 0.2) is 0 Å². The van der Waals surface area contributed by atoms with E-state index in [0.29, 0.717) is 11.8 Å². The molecule has 0 aliphatic heterocycles. The van der Waals surface area contributed by atoms with Gasteiger partial charge < -0.3 is 5.32 Å². The van der Waals surface area contributed by atoms with Crippen molar-refractivity contribution in [3.8, 4) is 0 Å². The van der Waals surface area contributed by atoms with Gasteiger partial charge in [-0.25, -0.2) is 0 Å². The van der Waals surface area contributed by atoms with Crippen molar-refractivity contribution < 1.29 is 4.79 Å². The Bertz CT molecular complexity index is 236. The number of carbonyl (C=O) groups is 1. The van der Waals surface area contributed by atoms with Gasteiger partial charge in [0.1, 0.15) is 0 Å². The molecular weight excluding hydrogens is 278 g/mol. The number of carbonyl (C=O) groups excluding carboxylic acids is 1. The Morgan fingerprint density at radius 1 is 1.35 bits per heavy atom. The molecule has 2 nitrogen and oxygen atoms in total. The predicted molar refractivity (Wildman–Crippen MR) is 76.4 cm³/mol. The maximum atomic E-state index is 12.3. The molecule has 0 aromatic rings. The van der Waals surface area contributed by atoms with Crippen molar-refractivity contribution in [3.05, 3.63) is 0 Å². The molecule has 0 aromatic heterocycles. The lowest BCUT2D eigenvalue weighted by molar-refractivity contribution is -0.131. The molecule has 0 heterocycles. The Hall–Kier alpha value is -0.0500. The van der Waals surface area contributed by atoms with Gasteiger partial charge in [-0.1, -0.05) is 49.0 Å². The van der Waals surface area contributed by atoms with Crippen LogP contribution in [0.25, 0.3) is 0 Å². The molecule has 3 heteroatoms. The molecule has 100 valence electrons. The van der Waals surface area contributed by atoms with Crippen LogP contribution in [0, 0.1) is 11.3 Å². The van der Waals surface area contributed by atoms with E-state index in [-0.39, 0.29) is 5.41 Å². The fraction of sp³-hybridized carbons (Fsp3) is 0.929. The number of nitrogens with one attached hydrogen (secondary N) is 1. The number of amides is 1. The monoisotopic (exact) mass is 303 g/mol. The van der Waals surface area contributed by atoms with E-state index in [2.05, 4.69) is 35.1 Å². The maximum absolute atomic E-state index is 12.3. The van der Waals surface area contributed by atoms with Gasteiger partial charge in [0, 0.05) is 17.3 Å².